The van der Waals surface area contributed by atoms with E-state index >= 15 is 0 Å². The van der Waals surface area contributed by atoms with Gasteiger partial charge in [0.25, 0.3) is 0 Å². The van der Waals surface area contributed by atoms with Crippen molar-refractivity contribution in [3.63, 3.8) is 0 Å². The molecule has 1 aliphatic rings. The van der Waals surface area contributed by atoms with E-state index in [9.17, 15) is 0 Å². The van der Waals surface area contributed by atoms with Gasteiger partial charge in [-0.15, -0.1) is 0 Å². The summed E-state index contributed by atoms with van der Waals surface area (Å²) < 4.78 is 0. The first-order valence-corrected chi connectivity index (χ1v) is 6.31. The molecule has 0 spiro atoms. The van der Waals surface area contributed by atoms with Crippen LogP contribution in [-0.4, -0.2) is 13.1 Å². The van der Waals surface area contributed by atoms with Gasteiger partial charge in [-0.25, -0.2) is 0 Å². The normalized spacial score (nSPS) is 14.4. The van der Waals surface area contributed by atoms with Crippen molar-refractivity contribution in [3.05, 3.63) is 34.9 Å². The van der Waals surface area contributed by atoms with Crippen molar-refractivity contribution >= 4 is 0 Å². The minimum Gasteiger partial charge on any atom is -0.258 e. The predicted octanol–water partition coefficient (Wildman–Crippen LogP) is 2.60. The third-order valence-electron chi connectivity index (χ3n) is 2.74. The average molecular weight is 220 g/mol. The topological polar surface area (TPSA) is 24.1 Å². The van der Waals surface area contributed by atoms with Crippen LogP contribution in [0.1, 0.15) is 37.0 Å². The number of hydrogen-bond acceptors (Lipinski definition) is 2. The summed E-state index contributed by atoms with van der Waals surface area (Å²) in [5, 5.41) is 0. The van der Waals surface area contributed by atoms with Crippen LogP contribution in [0, 0.1) is 6.92 Å². The minimum atomic E-state index is 1.14. The van der Waals surface area contributed by atoms with Crippen LogP contribution in [0.25, 0.3) is 0 Å². The summed E-state index contributed by atoms with van der Waals surface area (Å²) >= 11 is 0. The molecule has 2 nitrogen and oxygen atoms in total. The molecule has 0 radical (unpaired) electrons. The molecule has 0 saturated carbocycles. The monoisotopic (exact) mass is 220 g/mol. The molecule has 16 heavy (non-hydrogen) atoms. The van der Waals surface area contributed by atoms with Crippen molar-refractivity contribution in [2.75, 3.05) is 13.1 Å². The van der Waals surface area contributed by atoms with Gasteiger partial charge in [0.15, 0.2) is 0 Å². The fourth-order valence-corrected chi connectivity index (χ4v) is 1.80. The van der Waals surface area contributed by atoms with E-state index in [1.165, 1.54) is 23.1 Å². The highest BCUT2D eigenvalue weighted by Crippen LogP contribution is 2.10. The van der Waals surface area contributed by atoms with E-state index < -0.39 is 0 Å². The number of hydrogen-bond donors (Lipinski definition) is 2. The van der Waals surface area contributed by atoms with E-state index in [0.29, 0.717) is 0 Å². The molecular formula is C14H24N2. The van der Waals surface area contributed by atoms with Crippen LogP contribution in [-0.2, 0) is 12.8 Å². The van der Waals surface area contributed by atoms with Crippen LogP contribution in [0.2, 0.25) is 0 Å². The van der Waals surface area contributed by atoms with E-state index in [2.05, 4.69) is 49.8 Å². The van der Waals surface area contributed by atoms with Crippen molar-refractivity contribution in [2.24, 2.45) is 0 Å². The Morgan fingerprint density at radius 1 is 0.938 bits per heavy atom. The van der Waals surface area contributed by atoms with E-state index in [1.807, 2.05) is 0 Å². The van der Waals surface area contributed by atoms with Crippen molar-refractivity contribution in [1.29, 1.82) is 0 Å². The van der Waals surface area contributed by atoms with Crippen LogP contribution in [0.15, 0.2) is 18.2 Å². The molecular weight excluding hydrogens is 196 g/mol. The van der Waals surface area contributed by atoms with E-state index in [0.717, 1.165) is 25.9 Å². The van der Waals surface area contributed by atoms with Gasteiger partial charge in [-0.1, -0.05) is 37.6 Å². The number of nitrogens with one attached hydrogen (secondary N) is 2. The summed E-state index contributed by atoms with van der Waals surface area (Å²) in [5.74, 6) is 0. The van der Waals surface area contributed by atoms with Crippen molar-refractivity contribution in [1.82, 2.24) is 10.9 Å². The number of rotatable bonds is 2. The van der Waals surface area contributed by atoms with Crippen molar-refractivity contribution < 1.29 is 0 Å². The highest BCUT2D eigenvalue weighted by molar-refractivity contribution is 5.29. The maximum absolute atomic E-state index is 2.97. The lowest BCUT2D eigenvalue weighted by atomic mass is 10.0. The Kier molecular flexibility index (Phi) is 6.12. The van der Waals surface area contributed by atoms with Crippen molar-refractivity contribution in [2.45, 2.75) is 40.0 Å². The Labute approximate surface area is 99.4 Å². The maximum atomic E-state index is 2.97. The Morgan fingerprint density at radius 3 is 1.75 bits per heavy atom. The van der Waals surface area contributed by atoms with Gasteiger partial charge >= 0.3 is 0 Å². The van der Waals surface area contributed by atoms with Gasteiger partial charge in [0.05, 0.1) is 0 Å². The van der Waals surface area contributed by atoms with Crippen LogP contribution in [0.5, 0.6) is 0 Å². The largest absolute Gasteiger partial charge is 0.258 e. The molecule has 1 saturated heterocycles. The Morgan fingerprint density at radius 2 is 1.44 bits per heavy atom. The first kappa shape index (κ1) is 13.2. The number of aryl methyl sites for hydroxylation is 3. The molecule has 0 aromatic heterocycles. The first-order chi connectivity index (χ1) is 7.76. The lowest BCUT2D eigenvalue weighted by molar-refractivity contribution is 0.689. The SMILES string of the molecule is C1CNNC1.CCc1cc(C)cc(CC)c1. The summed E-state index contributed by atoms with van der Waals surface area (Å²) in [6.45, 7) is 8.85. The second-order valence-electron chi connectivity index (χ2n) is 4.24. The molecule has 0 unspecified atom stereocenters. The fourth-order valence-electron chi connectivity index (χ4n) is 1.80. The molecule has 0 amide bonds. The number of benzene rings is 1. The molecule has 1 fully saturated rings. The highest BCUT2D eigenvalue weighted by atomic mass is 15.4. The molecule has 2 heteroatoms. The molecule has 1 heterocycles. The van der Waals surface area contributed by atoms with E-state index in [-0.39, 0.29) is 0 Å². The lowest BCUT2D eigenvalue weighted by Crippen LogP contribution is -2.21. The van der Waals surface area contributed by atoms with Gasteiger partial charge in [-0.3, -0.25) is 10.9 Å². The molecule has 1 aromatic carbocycles. The van der Waals surface area contributed by atoms with Crippen LogP contribution < -0.4 is 10.9 Å². The third-order valence-corrected chi connectivity index (χ3v) is 2.74. The number of hydrazine groups is 1. The van der Waals surface area contributed by atoms with Crippen LogP contribution in [0.3, 0.4) is 0 Å². The molecule has 0 aliphatic carbocycles. The summed E-state index contributed by atoms with van der Waals surface area (Å²) in [6, 6.07) is 6.82. The van der Waals surface area contributed by atoms with Gasteiger partial charge in [-0.2, -0.15) is 0 Å². The van der Waals surface area contributed by atoms with E-state index in [4.69, 9.17) is 0 Å². The lowest BCUT2D eigenvalue weighted by Gasteiger charge is -2.02. The minimum absolute atomic E-state index is 1.14. The second kappa shape index (κ2) is 7.42. The fraction of sp³-hybridized carbons (Fsp3) is 0.571. The summed E-state index contributed by atoms with van der Waals surface area (Å²) in [6.07, 6.45) is 3.57. The zero-order valence-corrected chi connectivity index (χ0v) is 10.8. The van der Waals surface area contributed by atoms with E-state index in [1.54, 1.807) is 0 Å². The Hall–Kier alpha value is -0.860. The van der Waals surface area contributed by atoms with Gasteiger partial charge in [0.2, 0.25) is 0 Å². The van der Waals surface area contributed by atoms with Gasteiger partial charge in [0, 0.05) is 13.1 Å². The Bertz CT molecular complexity index is 274. The van der Waals surface area contributed by atoms with Gasteiger partial charge in [0.1, 0.15) is 0 Å². The quantitative estimate of drug-likeness (QED) is 0.800. The van der Waals surface area contributed by atoms with Gasteiger partial charge in [-0.05, 0) is 37.3 Å². The smallest absolute Gasteiger partial charge is 0.0112 e. The molecule has 0 bridgehead atoms. The summed E-state index contributed by atoms with van der Waals surface area (Å²) in [7, 11) is 0. The summed E-state index contributed by atoms with van der Waals surface area (Å²) in [4.78, 5) is 0. The summed E-state index contributed by atoms with van der Waals surface area (Å²) in [5.41, 5.74) is 10.3. The first-order valence-electron chi connectivity index (χ1n) is 6.31. The molecule has 90 valence electrons. The molecule has 2 rings (SSSR count). The zero-order valence-electron chi connectivity index (χ0n) is 10.8. The second-order valence-corrected chi connectivity index (χ2v) is 4.24. The standard InChI is InChI=1S/C11H16.C3H8N2/c1-4-10-6-9(3)7-11(5-2)8-10;1-2-4-5-3-1/h6-8H,4-5H2,1-3H3;4-5H,1-3H2. The van der Waals surface area contributed by atoms with Crippen LogP contribution in [0.4, 0.5) is 0 Å². The molecule has 2 N–H and O–H groups in total. The van der Waals surface area contributed by atoms with Crippen molar-refractivity contribution in [3.8, 4) is 0 Å². The average Bonchev–Trinajstić information content (AvgIpc) is 2.86. The maximum Gasteiger partial charge on any atom is 0.0112 e. The predicted molar refractivity (Wildman–Crippen MR) is 70.6 cm³/mol. The molecule has 1 aromatic rings. The molecule has 1 aliphatic heterocycles. The van der Waals surface area contributed by atoms with Crippen LogP contribution >= 0.6 is 0 Å². The Balaban J connectivity index is 0.000000212. The molecule has 0 atom stereocenters. The van der Waals surface area contributed by atoms with Gasteiger partial charge < -0.3 is 0 Å². The highest BCUT2D eigenvalue weighted by Gasteiger charge is 1.94. The zero-order chi connectivity index (χ0) is 11.8. The third kappa shape index (κ3) is 4.77.